The fourth-order valence-electron chi connectivity index (χ4n) is 1.56. The first-order valence-corrected chi connectivity index (χ1v) is 5.32. The molecule has 6 nitrogen and oxygen atoms in total. The first-order valence-electron chi connectivity index (χ1n) is 5.32. The topological polar surface area (TPSA) is 90.4 Å². The summed E-state index contributed by atoms with van der Waals surface area (Å²) in [6, 6.07) is 7.99. The van der Waals surface area contributed by atoms with Crippen molar-refractivity contribution in [1.29, 1.82) is 0 Å². The summed E-state index contributed by atoms with van der Waals surface area (Å²) >= 11 is 0. The molecule has 0 saturated heterocycles. The molecule has 0 atom stereocenters. The molecule has 0 aliphatic carbocycles. The van der Waals surface area contributed by atoms with Crippen LogP contribution in [0.3, 0.4) is 0 Å². The molecule has 0 amide bonds. The molecule has 1 aromatic heterocycles. The molecule has 6 heteroatoms. The van der Waals surface area contributed by atoms with E-state index in [1.165, 1.54) is 11.8 Å². The van der Waals surface area contributed by atoms with Crippen LogP contribution in [0.1, 0.15) is 5.69 Å². The van der Waals surface area contributed by atoms with Gasteiger partial charge in [-0.2, -0.15) is 9.78 Å². The zero-order chi connectivity index (χ0) is 13.1. The van der Waals surface area contributed by atoms with Crippen LogP contribution >= 0.6 is 0 Å². The van der Waals surface area contributed by atoms with E-state index in [1.54, 1.807) is 24.3 Å². The number of benzene rings is 1. The summed E-state index contributed by atoms with van der Waals surface area (Å²) in [6.45, 7) is 0.0517. The summed E-state index contributed by atoms with van der Waals surface area (Å²) in [5.74, 6) is 0.421. The van der Waals surface area contributed by atoms with E-state index < -0.39 is 5.56 Å². The van der Waals surface area contributed by atoms with E-state index in [2.05, 4.69) is 5.10 Å². The Kier molecular flexibility index (Phi) is 3.29. The van der Waals surface area contributed by atoms with Crippen molar-refractivity contribution in [2.24, 2.45) is 5.73 Å². The Balaban J connectivity index is 2.59. The highest BCUT2D eigenvalue weighted by Gasteiger charge is 2.08. The van der Waals surface area contributed by atoms with E-state index in [1.807, 2.05) is 0 Å². The van der Waals surface area contributed by atoms with Gasteiger partial charge in [-0.15, -0.1) is 0 Å². The Morgan fingerprint density at radius 3 is 2.89 bits per heavy atom. The van der Waals surface area contributed by atoms with Gasteiger partial charge in [0.15, 0.2) is 0 Å². The van der Waals surface area contributed by atoms with Crippen LogP contribution in [-0.4, -0.2) is 22.0 Å². The van der Waals surface area contributed by atoms with E-state index in [0.717, 1.165) is 6.07 Å². The van der Waals surface area contributed by atoms with Gasteiger partial charge in [0.1, 0.15) is 17.2 Å². The molecule has 3 N–H and O–H groups in total. The van der Waals surface area contributed by atoms with Crippen molar-refractivity contribution >= 4 is 0 Å². The van der Waals surface area contributed by atoms with Gasteiger partial charge in [0.05, 0.1) is 12.8 Å². The molecule has 2 aromatic rings. The molecule has 94 valence electrons. The van der Waals surface area contributed by atoms with Gasteiger partial charge in [-0.1, -0.05) is 6.07 Å². The third-order valence-corrected chi connectivity index (χ3v) is 2.48. The maximum absolute atomic E-state index is 11.8. The molecular formula is C12H13N3O3. The van der Waals surface area contributed by atoms with E-state index >= 15 is 0 Å². The minimum atomic E-state index is -0.432. The summed E-state index contributed by atoms with van der Waals surface area (Å²) in [4.78, 5) is 11.8. The monoisotopic (exact) mass is 247 g/mol. The minimum absolute atomic E-state index is 0.0517. The van der Waals surface area contributed by atoms with E-state index in [0.29, 0.717) is 11.4 Å². The normalized spacial score (nSPS) is 10.3. The van der Waals surface area contributed by atoms with Crippen molar-refractivity contribution in [2.45, 2.75) is 6.54 Å². The summed E-state index contributed by atoms with van der Waals surface area (Å²) in [5.41, 5.74) is 5.82. The first-order chi connectivity index (χ1) is 8.65. The van der Waals surface area contributed by atoms with Crippen LogP contribution in [0.5, 0.6) is 11.5 Å². The number of aromatic nitrogens is 2. The lowest BCUT2D eigenvalue weighted by atomic mass is 10.3. The standard InChI is InChI=1S/C12H13N3O3/c1-18-9-4-2-3-8(5-9)15-12(17)6-11(16)10(7-13)14-15/h2-6,16H,7,13H2,1H3. The summed E-state index contributed by atoms with van der Waals surface area (Å²) in [5, 5.41) is 13.5. The van der Waals surface area contributed by atoms with Crippen LogP contribution in [0.4, 0.5) is 0 Å². The van der Waals surface area contributed by atoms with Crippen LogP contribution in [0.15, 0.2) is 35.1 Å². The van der Waals surface area contributed by atoms with E-state index in [4.69, 9.17) is 10.5 Å². The Labute approximate surface area is 103 Å². The van der Waals surface area contributed by atoms with Crippen LogP contribution in [0.25, 0.3) is 5.69 Å². The number of hydrogen-bond donors (Lipinski definition) is 2. The zero-order valence-electron chi connectivity index (χ0n) is 9.83. The van der Waals surface area contributed by atoms with Gasteiger partial charge < -0.3 is 15.6 Å². The zero-order valence-corrected chi connectivity index (χ0v) is 9.83. The van der Waals surface area contributed by atoms with Crippen molar-refractivity contribution in [3.63, 3.8) is 0 Å². The predicted octanol–water partition coefficient (Wildman–Crippen LogP) is 0.405. The third-order valence-electron chi connectivity index (χ3n) is 2.48. The van der Waals surface area contributed by atoms with Gasteiger partial charge in [0, 0.05) is 18.7 Å². The van der Waals surface area contributed by atoms with Crippen molar-refractivity contribution in [3.8, 4) is 17.2 Å². The highest BCUT2D eigenvalue weighted by atomic mass is 16.5. The first kappa shape index (κ1) is 12.1. The van der Waals surface area contributed by atoms with Crippen LogP contribution in [0.2, 0.25) is 0 Å². The smallest absolute Gasteiger partial charge is 0.275 e. The number of ether oxygens (including phenoxy) is 1. The van der Waals surface area contributed by atoms with Crippen molar-refractivity contribution < 1.29 is 9.84 Å². The number of hydrogen-bond acceptors (Lipinski definition) is 5. The molecule has 1 aromatic carbocycles. The molecule has 0 unspecified atom stereocenters. The molecule has 0 fully saturated rings. The fourth-order valence-corrected chi connectivity index (χ4v) is 1.56. The maximum Gasteiger partial charge on any atom is 0.275 e. The molecular weight excluding hydrogens is 234 g/mol. The van der Waals surface area contributed by atoms with Crippen molar-refractivity contribution in [3.05, 3.63) is 46.4 Å². The SMILES string of the molecule is COc1cccc(-n2nc(CN)c(O)cc2=O)c1. The van der Waals surface area contributed by atoms with Crippen LogP contribution in [-0.2, 0) is 6.54 Å². The lowest BCUT2D eigenvalue weighted by molar-refractivity contribution is 0.414. The summed E-state index contributed by atoms with van der Waals surface area (Å²) in [6.07, 6.45) is 0. The highest BCUT2D eigenvalue weighted by molar-refractivity contribution is 5.39. The lowest BCUT2D eigenvalue weighted by Crippen LogP contribution is -2.22. The average Bonchev–Trinajstić information content (AvgIpc) is 2.39. The largest absolute Gasteiger partial charge is 0.506 e. The molecule has 0 radical (unpaired) electrons. The number of rotatable bonds is 3. The molecule has 0 aliphatic rings. The Bertz CT molecular complexity index is 622. The molecule has 0 spiro atoms. The number of nitrogens with zero attached hydrogens (tertiary/aromatic N) is 2. The molecule has 0 bridgehead atoms. The quantitative estimate of drug-likeness (QED) is 0.819. The lowest BCUT2D eigenvalue weighted by Gasteiger charge is -2.08. The summed E-state index contributed by atoms with van der Waals surface area (Å²) < 4.78 is 6.25. The maximum atomic E-state index is 11.8. The van der Waals surface area contributed by atoms with Crippen LogP contribution < -0.4 is 16.0 Å². The van der Waals surface area contributed by atoms with Gasteiger partial charge in [-0.05, 0) is 12.1 Å². The molecule has 0 saturated carbocycles. The second kappa shape index (κ2) is 4.89. The predicted molar refractivity (Wildman–Crippen MR) is 65.9 cm³/mol. The molecule has 0 aliphatic heterocycles. The van der Waals surface area contributed by atoms with Gasteiger partial charge in [0.2, 0.25) is 0 Å². The Hall–Kier alpha value is -2.34. The number of aromatic hydroxyl groups is 1. The van der Waals surface area contributed by atoms with Crippen molar-refractivity contribution in [2.75, 3.05) is 7.11 Å². The van der Waals surface area contributed by atoms with E-state index in [9.17, 15) is 9.90 Å². The second-order valence-corrected chi connectivity index (χ2v) is 3.63. The number of methoxy groups -OCH3 is 1. The highest BCUT2D eigenvalue weighted by Crippen LogP contribution is 2.16. The molecule has 2 rings (SSSR count). The minimum Gasteiger partial charge on any atom is -0.506 e. The fraction of sp³-hybridized carbons (Fsp3) is 0.167. The van der Waals surface area contributed by atoms with Gasteiger partial charge in [-0.25, -0.2) is 0 Å². The summed E-state index contributed by atoms with van der Waals surface area (Å²) in [7, 11) is 1.54. The van der Waals surface area contributed by atoms with Crippen molar-refractivity contribution in [1.82, 2.24) is 9.78 Å². The Morgan fingerprint density at radius 1 is 1.44 bits per heavy atom. The van der Waals surface area contributed by atoms with Gasteiger partial charge in [0.25, 0.3) is 5.56 Å². The molecule has 18 heavy (non-hydrogen) atoms. The van der Waals surface area contributed by atoms with E-state index in [-0.39, 0.29) is 18.0 Å². The second-order valence-electron chi connectivity index (χ2n) is 3.63. The Morgan fingerprint density at radius 2 is 2.22 bits per heavy atom. The number of nitrogens with two attached hydrogens (primary N) is 1. The van der Waals surface area contributed by atoms with Gasteiger partial charge >= 0.3 is 0 Å². The van der Waals surface area contributed by atoms with Crippen LogP contribution in [0, 0.1) is 0 Å². The third kappa shape index (κ3) is 2.18. The van der Waals surface area contributed by atoms with Gasteiger partial charge in [-0.3, -0.25) is 4.79 Å². The molecule has 1 heterocycles. The average molecular weight is 247 g/mol.